The van der Waals surface area contributed by atoms with Crippen molar-refractivity contribution >= 4 is 15.7 Å². The minimum Gasteiger partial charge on any atom is -0.376 e. The lowest BCUT2D eigenvalue weighted by atomic mass is 9.99. The van der Waals surface area contributed by atoms with E-state index in [-0.39, 0.29) is 10.9 Å². The van der Waals surface area contributed by atoms with E-state index in [0.717, 1.165) is 50.0 Å². The average Bonchev–Trinajstić information content (AvgIpc) is 3.65. The van der Waals surface area contributed by atoms with Crippen LogP contribution in [-0.2, 0) is 27.6 Å². The van der Waals surface area contributed by atoms with Crippen LogP contribution < -0.4 is 4.72 Å². The van der Waals surface area contributed by atoms with E-state index < -0.39 is 10.0 Å². The van der Waals surface area contributed by atoms with E-state index >= 15 is 0 Å². The lowest BCUT2D eigenvalue weighted by molar-refractivity contribution is -0.0270. The van der Waals surface area contributed by atoms with Crippen LogP contribution >= 0.6 is 0 Å². The number of hydrogen-bond acceptors (Lipinski definition) is 4. The first-order chi connectivity index (χ1) is 15.4. The van der Waals surface area contributed by atoms with Crippen LogP contribution in [0.25, 0.3) is 0 Å². The number of nitrogens with zero attached hydrogens (tertiary/aromatic N) is 1. The molecule has 0 bridgehead atoms. The Morgan fingerprint density at radius 2 is 1.53 bits per heavy atom. The van der Waals surface area contributed by atoms with Crippen LogP contribution in [0.1, 0.15) is 30.9 Å². The molecule has 2 aromatic rings. The topological polar surface area (TPSA) is 58.6 Å². The first-order valence-corrected chi connectivity index (χ1v) is 13.3. The van der Waals surface area contributed by atoms with E-state index in [2.05, 4.69) is 40.8 Å². The summed E-state index contributed by atoms with van der Waals surface area (Å²) in [4.78, 5) is 2.64. The molecule has 5 nitrogen and oxygen atoms in total. The highest BCUT2D eigenvalue weighted by Gasteiger charge is 2.54. The first-order valence-electron chi connectivity index (χ1n) is 11.8. The number of sulfonamides is 1. The molecule has 6 heteroatoms. The van der Waals surface area contributed by atoms with Crippen LogP contribution in [0.15, 0.2) is 54.6 Å². The molecule has 1 N–H and O–H groups in total. The van der Waals surface area contributed by atoms with Crippen molar-refractivity contribution in [1.29, 1.82) is 0 Å². The van der Waals surface area contributed by atoms with Crippen LogP contribution in [0.5, 0.6) is 0 Å². The van der Waals surface area contributed by atoms with Crippen molar-refractivity contribution < 1.29 is 13.2 Å². The van der Waals surface area contributed by atoms with Gasteiger partial charge in [-0.15, -0.1) is 0 Å². The fourth-order valence-electron chi connectivity index (χ4n) is 5.56. The summed E-state index contributed by atoms with van der Waals surface area (Å²) in [6.07, 6.45) is 3.76. The van der Waals surface area contributed by atoms with Crippen LogP contribution in [0.3, 0.4) is 0 Å². The molecule has 2 unspecified atom stereocenters. The maximum atomic E-state index is 11.5. The van der Waals surface area contributed by atoms with E-state index in [1.807, 2.05) is 25.3 Å². The molecule has 6 rings (SSSR count). The Balaban J connectivity index is 0.000000146. The van der Waals surface area contributed by atoms with Crippen LogP contribution in [0.2, 0.25) is 0 Å². The third kappa shape index (κ3) is 4.59. The van der Waals surface area contributed by atoms with Crippen molar-refractivity contribution in [2.24, 2.45) is 17.8 Å². The van der Waals surface area contributed by atoms with Crippen LogP contribution in [0.4, 0.5) is 5.69 Å². The second kappa shape index (κ2) is 8.47. The molecule has 4 aliphatic rings. The van der Waals surface area contributed by atoms with Gasteiger partial charge in [-0.3, -0.25) is 9.62 Å². The van der Waals surface area contributed by atoms with Gasteiger partial charge < -0.3 is 4.74 Å². The van der Waals surface area contributed by atoms with Crippen LogP contribution in [-0.4, -0.2) is 50.9 Å². The molecule has 1 saturated heterocycles. The molecular weight excluding hydrogens is 420 g/mol. The Kier molecular flexibility index (Phi) is 5.81. The zero-order chi connectivity index (χ0) is 22.3. The van der Waals surface area contributed by atoms with Gasteiger partial charge in [-0.05, 0) is 53.9 Å². The highest BCUT2D eigenvalue weighted by atomic mass is 32.2. The molecule has 0 aromatic heterocycles. The van der Waals surface area contributed by atoms with E-state index in [0.29, 0.717) is 5.69 Å². The van der Waals surface area contributed by atoms with Gasteiger partial charge in [0.05, 0.1) is 10.9 Å². The van der Waals surface area contributed by atoms with Gasteiger partial charge in [0, 0.05) is 45.3 Å². The van der Waals surface area contributed by atoms with E-state index in [9.17, 15) is 8.42 Å². The molecule has 1 aliphatic heterocycles. The Morgan fingerprint density at radius 1 is 0.969 bits per heavy atom. The number of rotatable bonds is 6. The zero-order valence-corrected chi connectivity index (χ0v) is 19.9. The Hall–Kier alpha value is -1.89. The number of hydrogen-bond donors (Lipinski definition) is 1. The summed E-state index contributed by atoms with van der Waals surface area (Å²) in [5.41, 5.74) is 3.66. The Bertz CT molecular complexity index is 1010. The van der Waals surface area contributed by atoms with Crippen molar-refractivity contribution in [2.45, 2.75) is 43.5 Å². The fraction of sp³-hybridized carbons (Fsp3) is 0.538. The molecule has 0 radical (unpaired) electrons. The van der Waals surface area contributed by atoms with Crippen molar-refractivity contribution in [1.82, 2.24) is 4.90 Å². The number of piperidine rings is 1. The molecule has 32 heavy (non-hydrogen) atoms. The fourth-order valence-corrected chi connectivity index (χ4v) is 6.95. The summed E-state index contributed by atoms with van der Waals surface area (Å²) in [7, 11) is -1.20. The van der Waals surface area contributed by atoms with Gasteiger partial charge in [0.1, 0.15) is 0 Å². The van der Waals surface area contributed by atoms with Gasteiger partial charge >= 0.3 is 0 Å². The SMILES string of the molecule is COC1(CN2CC3C(C)C3C2)Cc2ccccc2C1.O=S(=O)(Nc1ccccc1)C1CC1. The average molecular weight is 455 g/mol. The summed E-state index contributed by atoms with van der Waals surface area (Å²) in [5.74, 6) is 2.95. The number of fused-ring (bicyclic) bond motifs is 2. The molecule has 3 fully saturated rings. The monoisotopic (exact) mass is 454 g/mol. The number of anilines is 1. The second-order valence-corrected chi connectivity index (χ2v) is 12.1. The Morgan fingerprint density at radius 3 is 2.06 bits per heavy atom. The lowest BCUT2D eigenvalue weighted by Crippen LogP contribution is -2.45. The second-order valence-electron chi connectivity index (χ2n) is 10.1. The smallest absolute Gasteiger partial charge is 0.235 e. The maximum absolute atomic E-state index is 11.5. The number of nitrogens with one attached hydrogen (secondary N) is 1. The third-order valence-electron chi connectivity index (χ3n) is 7.78. The molecule has 172 valence electrons. The molecular formula is C26H34N2O3S. The maximum Gasteiger partial charge on any atom is 0.235 e. The highest BCUT2D eigenvalue weighted by Crippen LogP contribution is 2.51. The molecule has 3 aliphatic carbocycles. The van der Waals surface area contributed by atoms with Crippen LogP contribution in [0, 0.1) is 17.8 Å². The van der Waals surface area contributed by atoms with Crippen molar-refractivity contribution in [3.8, 4) is 0 Å². The normalized spacial score (nSPS) is 27.8. The van der Waals surface area contributed by atoms with Crippen molar-refractivity contribution in [3.05, 3.63) is 65.7 Å². The van der Waals surface area contributed by atoms with Gasteiger partial charge in [-0.25, -0.2) is 8.42 Å². The van der Waals surface area contributed by atoms with E-state index in [1.54, 1.807) is 12.1 Å². The van der Waals surface area contributed by atoms with Gasteiger partial charge in [0.15, 0.2) is 0 Å². The number of likely N-dealkylation sites (tertiary alicyclic amines) is 1. The lowest BCUT2D eigenvalue weighted by Gasteiger charge is -2.33. The minimum atomic E-state index is -3.09. The number of benzene rings is 2. The number of para-hydroxylation sites is 1. The largest absolute Gasteiger partial charge is 0.376 e. The zero-order valence-electron chi connectivity index (χ0n) is 19.0. The van der Waals surface area contributed by atoms with Crippen molar-refractivity contribution in [3.63, 3.8) is 0 Å². The number of methoxy groups -OCH3 is 1. The first kappa shape index (κ1) is 21.9. The molecule has 0 spiro atoms. The standard InChI is InChI=1S/C17H23NO.C9H11NO2S/c1-12-15-9-18(10-16(12)15)11-17(19-2)7-13-5-3-4-6-14(13)8-17;11-13(12,9-6-7-9)10-8-4-2-1-3-5-8/h3-6,12,15-16H,7-11H2,1-2H3;1-5,9-10H,6-7H2. The molecule has 2 atom stereocenters. The third-order valence-corrected chi connectivity index (χ3v) is 9.65. The summed E-state index contributed by atoms with van der Waals surface area (Å²) in [6.45, 7) is 6.11. The number of ether oxygens (including phenoxy) is 1. The summed E-state index contributed by atoms with van der Waals surface area (Å²) in [6, 6.07) is 17.8. The summed E-state index contributed by atoms with van der Waals surface area (Å²) >= 11 is 0. The molecule has 0 amide bonds. The van der Waals surface area contributed by atoms with Gasteiger partial charge in [0.2, 0.25) is 10.0 Å². The van der Waals surface area contributed by atoms with Gasteiger partial charge in [0.25, 0.3) is 0 Å². The predicted molar refractivity (Wildman–Crippen MR) is 128 cm³/mol. The summed E-state index contributed by atoms with van der Waals surface area (Å²) in [5, 5.41) is -0.160. The highest BCUT2D eigenvalue weighted by molar-refractivity contribution is 7.93. The minimum absolute atomic E-state index is 0.0315. The molecule has 1 heterocycles. The molecule has 2 saturated carbocycles. The quantitative estimate of drug-likeness (QED) is 0.718. The van der Waals surface area contributed by atoms with Gasteiger partial charge in [-0.1, -0.05) is 49.4 Å². The molecule has 2 aromatic carbocycles. The van der Waals surface area contributed by atoms with Gasteiger partial charge in [-0.2, -0.15) is 0 Å². The Labute approximate surface area is 192 Å². The van der Waals surface area contributed by atoms with Crippen molar-refractivity contribution in [2.75, 3.05) is 31.5 Å². The van der Waals surface area contributed by atoms with E-state index in [4.69, 9.17) is 4.74 Å². The predicted octanol–water partition coefficient (Wildman–Crippen LogP) is 3.96. The summed E-state index contributed by atoms with van der Waals surface area (Å²) < 4.78 is 31.4. The van der Waals surface area contributed by atoms with E-state index in [1.165, 1.54) is 24.2 Å².